The second kappa shape index (κ2) is 8.02. The lowest BCUT2D eigenvalue weighted by Gasteiger charge is -2.16. The van der Waals surface area contributed by atoms with Gasteiger partial charge in [-0.05, 0) is 43.6 Å². The van der Waals surface area contributed by atoms with Crippen molar-refractivity contribution in [3.8, 4) is 0 Å². The minimum atomic E-state index is -1.11. The Labute approximate surface area is 145 Å². The molecule has 0 radical (unpaired) electrons. The molecule has 1 aliphatic rings. The second-order valence-electron chi connectivity index (χ2n) is 6.13. The number of benzene rings is 1. The predicted molar refractivity (Wildman–Crippen MR) is 92.4 cm³/mol. The zero-order valence-corrected chi connectivity index (χ0v) is 13.9. The minimum absolute atomic E-state index is 0.0952. The third-order valence-electron chi connectivity index (χ3n) is 4.27. The Hall–Kier alpha value is -2.54. The van der Waals surface area contributed by atoms with Gasteiger partial charge in [0.05, 0.1) is 11.9 Å². The van der Waals surface area contributed by atoms with E-state index in [2.05, 4.69) is 20.2 Å². The molecule has 0 unspecified atom stereocenters. The van der Waals surface area contributed by atoms with Crippen LogP contribution in [0.4, 0.5) is 10.2 Å². The van der Waals surface area contributed by atoms with Crippen molar-refractivity contribution in [2.24, 2.45) is 0 Å². The molecular formula is C18H21FN4O2. The number of nitrogens with zero attached hydrogens (tertiary/aromatic N) is 3. The Kier molecular flexibility index (Phi) is 5.55. The fourth-order valence-corrected chi connectivity index (χ4v) is 2.94. The summed E-state index contributed by atoms with van der Waals surface area (Å²) in [6.45, 7) is 3.87. The smallest absolute Gasteiger partial charge is 0.356 e. The second-order valence-corrected chi connectivity index (χ2v) is 6.13. The van der Waals surface area contributed by atoms with Gasteiger partial charge < -0.3 is 15.3 Å². The van der Waals surface area contributed by atoms with E-state index in [9.17, 15) is 9.18 Å². The van der Waals surface area contributed by atoms with Crippen LogP contribution in [0.2, 0.25) is 0 Å². The molecule has 1 aromatic heterocycles. The van der Waals surface area contributed by atoms with Gasteiger partial charge in [-0.15, -0.1) is 0 Å². The maximum absolute atomic E-state index is 13.1. The van der Waals surface area contributed by atoms with Crippen molar-refractivity contribution in [1.29, 1.82) is 0 Å². The number of aromatic carboxylic acids is 1. The molecule has 1 fully saturated rings. The van der Waals surface area contributed by atoms with Crippen LogP contribution in [0.3, 0.4) is 0 Å². The molecule has 6 nitrogen and oxygen atoms in total. The van der Waals surface area contributed by atoms with Gasteiger partial charge in [0, 0.05) is 19.5 Å². The summed E-state index contributed by atoms with van der Waals surface area (Å²) in [6, 6.07) is 6.09. The molecule has 0 saturated carbocycles. The molecule has 2 N–H and O–H groups in total. The predicted octanol–water partition coefficient (Wildman–Crippen LogP) is 2.41. The lowest BCUT2D eigenvalue weighted by atomic mass is 10.1. The number of aromatic nitrogens is 2. The van der Waals surface area contributed by atoms with Crippen LogP contribution in [-0.2, 0) is 6.42 Å². The van der Waals surface area contributed by atoms with E-state index in [1.165, 1.54) is 31.2 Å². The summed E-state index contributed by atoms with van der Waals surface area (Å²) >= 11 is 0. The third-order valence-corrected chi connectivity index (χ3v) is 4.27. The number of anilines is 1. The average Bonchev–Trinajstić information content (AvgIpc) is 3.11. The number of nitrogens with one attached hydrogen (secondary N) is 1. The lowest BCUT2D eigenvalue weighted by molar-refractivity contribution is 0.0689. The summed E-state index contributed by atoms with van der Waals surface area (Å²) in [7, 11) is 0. The number of likely N-dealkylation sites (tertiary alicyclic amines) is 1. The molecule has 3 rings (SSSR count). The molecule has 1 aliphatic heterocycles. The molecule has 25 heavy (non-hydrogen) atoms. The maximum atomic E-state index is 13.1. The molecule has 132 valence electrons. The number of carboxylic acid groups (broad SMARTS) is 1. The molecule has 2 heterocycles. The van der Waals surface area contributed by atoms with E-state index in [1.54, 1.807) is 12.1 Å². The quantitative estimate of drug-likeness (QED) is 0.803. The highest BCUT2D eigenvalue weighted by Crippen LogP contribution is 2.16. The molecule has 0 spiro atoms. The van der Waals surface area contributed by atoms with E-state index in [0.717, 1.165) is 31.7 Å². The van der Waals surface area contributed by atoms with Gasteiger partial charge in [0.15, 0.2) is 5.69 Å². The zero-order chi connectivity index (χ0) is 17.6. The molecule has 0 atom stereocenters. The first kappa shape index (κ1) is 17.3. The van der Waals surface area contributed by atoms with E-state index >= 15 is 0 Å². The number of halogens is 1. The monoisotopic (exact) mass is 344 g/mol. The first-order valence-electron chi connectivity index (χ1n) is 8.42. The van der Waals surface area contributed by atoms with E-state index in [4.69, 9.17) is 5.11 Å². The van der Waals surface area contributed by atoms with Crippen LogP contribution in [0, 0.1) is 5.82 Å². The summed E-state index contributed by atoms with van der Waals surface area (Å²) in [5, 5.41) is 12.4. The molecule has 0 amide bonds. The van der Waals surface area contributed by atoms with Gasteiger partial charge in [-0.25, -0.2) is 19.2 Å². The Morgan fingerprint density at radius 3 is 2.64 bits per heavy atom. The number of carbonyl (C=O) groups is 1. The number of hydrogen-bond donors (Lipinski definition) is 2. The van der Waals surface area contributed by atoms with E-state index in [0.29, 0.717) is 17.9 Å². The molecule has 2 aromatic rings. The van der Waals surface area contributed by atoms with Crippen molar-refractivity contribution in [2.45, 2.75) is 19.3 Å². The van der Waals surface area contributed by atoms with Crippen molar-refractivity contribution < 1.29 is 14.3 Å². The molecule has 0 bridgehead atoms. The summed E-state index contributed by atoms with van der Waals surface area (Å²) < 4.78 is 13.1. The highest BCUT2D eigenvalue weighted by Gasteiger charge is 2.14. The van der Waals surface area contributed by atoms with Gasteiger partial charge in [-0.1, -0.05) is 12.1 Å². The highest BCUT2D eigenvalue weighted by atomic mass is 19.1. The molecular weight excluding hydrogens is 323 g/mol. The van der Waals surface area contributed by atoms with Crippen molar-refractivity contribution in [2.75, 3.05) is 31.5 Å². The van der Waals surface area contributed by atoms with Crippen molar-refractivity contribution in [3.05, 3.63) is 53.2 Å². The molecule has 0 aliphatic carbocycles. The van der Waals surface area contributed by atoms with Crippen molar-refractivity contribution in [1.82, 2.24) is 14.9 Å². The van der Waals surface area contributed by atoms with Gasteiger partial charge in [0.1, 0.15) is 11.6 Å². The first-order valence-corrected chi connectivity index (χ1v) is 8.42. The van der Waals surface area contributed by atoms with Gasteiger partial charge in [-0.2, -0.15) is 0 Å². The molecule has 1 saturated heterocycles. The molecule has 7 heteroatoms. The van der Waals surface area contributed by atoms with Gasteiger partial charge in [-0.3, -0.25) is 0 Å². The van der Waals surface area contributed by atoms with Crippen LogP contribution in [0.5, 0.6) is 0 Å². The van der Waals surface area contributed by atoms with Gasteiger partial charge in [0.25, 0.3) is 0 Å². The fraction of sp³-hybridized carbons (Fsp3) is 0.389. The van der Waals surface area contributed by atoms with E-state index in [-0.39, 0.29) is 11.5 Å². The largest absolute Gasteiger partial charge is 0.476 e. The third kappa shape index (κ3) is 4.73. The minimum Gasteiger partial charge on any atom is -0.476 e. The van der Waals surface area contributed by atoms with Gasteiger partial charge >= 0.3 is 5.97 Å². The van der Waals surface area contributed by atoms with E-state index in [1.807, 2.05) is 0 Å². The zero-order valence-electron chi connectivity index (χ0n) is 13.9. The van der Waals surface area contributed by atoms with Crippen molar-refractivity contribution in [3.63, 3.8) is 0 Å². The average molecular weight is 344 g/mol. The van der Waals surface area contributed by atoms with Crippen molar-refractivity contribution >= 4 is 11.8 Å². The summed E-state index contributed by atoms with van der Waals surface area (Å²) in [5.74, 6) is -0.844. The Morgan fingerprint density at radius 2 is 1.96 bits per heavy atom. The SMILES string of the molecule is O=C(O)c1cnc(NCCN2CCCC2)c(Cc2ccc(F)cc2)n1. The maximum Gasteiger partial charge on any atom is 0.356 e. The normalized spacial score (nSPS) is 14.6. The topological polar surface area (TPSA) is 78.3 Å². The Bertz CT molecular complexity index is 730. The van der Waals surface area contributed by atoms with Crippen LogP contribution in [-0.4, -0.2) is 52.1 Å². The molecule has 1 aromatic carbocycles. The highest BCUT2D eigenvalue weighted by molar-refractivity contribution is 5.85. The van der Waals surface area contributed by atoms with E-state index < -0.39 is 5.97 Å². The summed E-state index contributed by atoms with van der Waals surface area (Å²) in [6.07, 6.45) is 4.13. The number of rotatable bonds is 7. The van der Waals surface area contributed by atoms with Crippen LogP contribution in [0.15, 0.2) is 30.5 Å². The van der Waals surface area contributed by atoms with Gasteiger partial charge in [0.2, 0.25) is 0 Å². The summed E-state index contributed by atoms with van der Waals surface area (Å²) in [5.41, 5.74) is 1.30. The van der Waals surface area contributed by atoms with Crippen LogP contribution >= 0.6 is 0 Å². The summed E-state index contributed by atoms with van der Waals surface area (Å²) in [4.78, 5) is 22.0. The van der Waals surface area contributed by atoms with Crippen LogP contribution < -0.4 is 5.32 Å². The lowest BCUT2D eigenvalue weighted by Crippen LogP contribution is -2.26. The fourth-order valence-electron chi connectivity index (χ4n) is 2.94. The number of hydrogen-bond acceptors (Lipinski definition) is 5. The Morgan fingerprint density at radius 1 is 1.24 bits per heavy atom. The number of carboxylic acids is 1. The standard InChI is InChI=1S/C18H21FN4O2/c19-14-5-3-13(4-6-14)11-15-17(21-12-16(22-15)18(24)25)20-7-10-23-8-1-2-9-23/h3-6,12H,1-2,7-11H2,(H,20,21)(H,24,25). The first-order chi connectivity index (χ1) is 12.1. The Balaban J connectivity index is 1.73. The van der Waals surface area contributed by atoms with Crippen LogP contribution in [0.1, 0.15) is 34.6 Å². The van der Waals surface area contributed by atoms with Crippen LogP contribution in [0.25, 0.3) is 0 Å².